The highest BCUT2D eigenvalue weighted by atomic mass is 16.5. The summed E-state index contributed by atoms with van der Waals surface area (Å²) in [6.45, 7) is 8.26. The average Bonchev–Trinajstić information content (AvgIpc) is 2.84. The predicted molar refractivity (Wildman–Crippen MR) is 72.8 cm³/mol. The highest BCUT2D eigenvalue weighted by molar-refractivity contribution is 6.05. The maximum atomic E-state index is 11.9. The van der Waals surface area contributed by atoms with Crippen LogP contribution in [0.15, 0.2) is 23.3 Å². The van der Waals surface area contributed by atoms with Gasteiger partial charge in [-0.15, -0.1) is 0 Å². The second-order valence-corrected chi connectivity index (χ2v) is 6.63. The summed E-state index contributed by atoms with van der Waals surface area (Å²) in [6, 6.07) is 0. The van der Waals surface area contributed by atoms with E-state index in [1.807, 2.05) is 13.0 Å². The number of methoxy groups -OCH3 is 1. The summed E-state index contributed by atoms with van der Waals surface area (Å²) in [4.78, 5) is 11.9. The van der Waals surface area contributed by atoms with E-state index in [2.05, 4.69) is 20.8 Å². The Bertz CT molecular complexity index is 500. The van der Waals surface area contributed by atoms with Gasteiger partial charge in [0.15, 0.2) is 5.78 Å². The van der Waals surface area contributed by atoms with E-state index in [1.165, 1.54) is 0 Å². The second kappa shape index (κ2) is 3.80. The van der Waals surface area contributed by atoms with Crippen LogP contribution in [0.3, 0.4) is 0 Å². The molecule has 3 rings (SSSR count). The molecule has 0 radical (unpaired) electrons. The average molecular weight is 262 g/mol. The summed E-state index contributed by atoms with van der Waals surface area (Å²) in [5.41, 5.74) is 1.26. The van der Waals surface area contributed by atoms with Crippen molar-refractivity contribution >= 4 is 5.78 Å². The van der Waals surface area contributed by atoms with Crippen LogP contribution in [-0.4, -0.2) is 30.2 Å². The fourth-order valence-corrected chi connectivity index (χ4v) is 3.97. The van der Waals surface area contributed by atoms with E-state index >= 15 is 0 Å². The Hall–Kier alpha value is -0.930. The first kappa shape index (κ1) is 13.1. The number of rotatable bonds is 2. The number of carbonyl (C=O) groups excluding carboxylic acids is 1. The number of hydrogen-bond donors (Lipinski definition) is 0. The SMILES string of the molecule is COC(C)(C)[C@@H]1C[C@H]2O[C@@]13C=C(C)C(=O)C=C3[C@@H]2C. The molecule has 0 N–H and O–H groups in total. The lowest BCUT2D eigenvalue weighted by atomic mass is 9.63. The summed E-state index contributed by atoms with van der Waals surface area (Å²) >= 11 is 0. The number of fused-ring (bicyclic) bond motifs is 1. The number of ether oxygens (including phenoxy) is 2. The van der Waals surface area contributed by atoms with Crippen molar-refractivity contribution in [2.75, 3.05) is 7.11 Å². The van der Waals surface area contributed by atoms with E-state index in [9.17, 15) is 4.79 Å². The zero-order valence-corrected chi connectivity index (χ0v) is 12.3. The second-order valence-electron chi connectivity index (χ2n) is 6.63. The summed E-state index contributed by atoms with van der Waals surface area (Å²) in [7, 11) is 1.75. The number of carbonyl (C=O) groups is 1. The Morgan fingerprint density at radius 1 is 1.47 bits per heavy atom. The van der Waals surface area contributed by atoms with Crippen LogP contribution in [0.25, 0.3) is 0 Å². The first-order chi connectivity index (χ1) is 8.82. The molecule has 0 aromatic rings. The van der Waals surface area contributed by atoms with Gasteiger partial charge in [0.1, 0.15) is 5.60 Å². The molecule has 3 nitrogen and oxygen atoms in total. The molecule has 2 heterocycles. The molecule has 104 valence electrons. The lowest BCUT2D eigenvalue weighted by molar-refractivity contribution is -0.112. The molecule has 19 heavy (non-hydrogen) atoms. The summed E-state index contributed by atoms with van der Waals surface area (Å²) in [5, 5.41) is 0. The van der Waals surface area contributed by atoms with Gasteiger partial charge in [0.05, 0.1) is 11.7 Å². The Labute approximate surface area is 114 Å². The van der Waals surface area contributed by atoms with Gasteiger partial charge in [-0.25, -0.2) is 0 Å². The van der Waals surface area contributed by atoms with Crippen molar-refractivity contribution < 1.29 is 14.3 Å². The summed E-state index contributed by atoms with van der Waals surface area (Å²) in [5.74, 6) is 0.718. The van der Waals surface area contributed by atoms with Crippen LogP contribution in [0.2, 0.25) is 0 Å². The van der Waals surface area contributed by atoms with Gasteiger partial charge in [0, 0.05) is 18.9 Å². The Balaban J connectivity index is 2.12. The highest BCUT2D eigenvalue weighted by Crippen LogP contribution is 2.59. The van der Waals surface area contributed by atoms with Crippen molar-refractivity contribution in [3.8, 4) is 0 Å². The van der Waals surface area contributed by atoms with Gasteiger partial charge in [-0.05, 0) is 50.5 Å². The van der Waals surface area contributed by atoms with E-state index < -0.39 is 5.60 Å². The van der Waals surface area contributed by atoms with Gasteiger partial charge in [-0.2, -0.15) is 0 Å². The lowest BCUT2D eigenvalue weighted by Gasteiger charge is -2.44. The molecule has 2 bridgehead atoms. The van der Waals surface area contributed by atoms with Crippen LogP contribution in [0.4, 0.5) is 0 Å². The topological polar surface area (TPSA) is 35.5 Å². The van der Waals surface area contributed by atoms with E-state index in [-0.39, 0.29) is 23.4 Å². The van der Waals surface area contributed by atoms with Gasteiger partial charge < -0.3 is 9.47 Å². The Morgan fingerprint density at radius 3 is 2.79 bits per heavy atom. The quantitative estimate of drug-likeness (QED) is 0.767. The summed E-state index contributed by atoms with van der Waals surface area (Å²) < 4.78 is 12.0. The lowest BCUT2D eigenvalue weighted by Crippen LogP contribution is -2.50. The first-order valence-electron chi connectivity index (χ1n) is 7.00. The molecule has 3 heteroatoms. The molecule has 2 saturated heterocycles. The molecule has 0 amide bonds. The monoisotopic (exact) mass is 262 g/mol. The fraction of sp³-hybridized carbons (Fsp3) is 0.688. The highest BCUT2D eigenvalue weighted by Gasteiger charge is 2.63. The number of hydrogen-bond acceptors (Lipinski definition) is 3. The smallest absolute Gasteiger partial charge is 0.181 e. The molecule has 3 aliphatic rings. The Kier molecular flexibility index (Phi) is 2.61. The van der Waals surface area contributed by atoms with Crippen molar-refractivity contribution in [3.05, 3.63) is 23.3 Å². The molecule has 0 aromatic heterocycles. The third-order valence-electron chi connectivity index (χ3n) is 5.30. The number of allylic oxidation sites excluding steroid dienone is 2. The van der Waals surface area contributed by atoms with E-state index in [0.29, 0.717) is 5.92 Å². The van der Waals surface area contributed by atoms with Crippen molar-refractivity contribution in [1.82, 2.24) is 0 Å². The van der Waals surface area contributed by atoms with E-state index in [4.69, 9.17) is 9.47 Å². The zero-order valence-electron chi connectivity index (χ0n) is 12.3. The van der Waals surface area contributed by atoms with Crippen LogP contribution < -0.4 is 0 Å². The van der Waals surface area contributed by atoms with Gasteiger partial charge in [0.25, 0.3) is 0 Å². The van der Waals surface area contributed by atoms with Crippen molar-refractivity contribution in [1.29, 1.82) is 0 Å². The molecule has 0 aromatic carbocycles. The van der Waals surface area contributed by atoms with Gasteiger partial charge >= 0.3 is 0 Å². The molecule has 1 aliphatic carbocycles. The van der Waals surface area contributed by atoms with Crippen LogP contribution in [-0.2, 0) is 14.3 Å². The third-order valence-corrected chi connectivity index (χ3v) is 5.30. The van der Waals surface area contributed by atoms with Crippen molar-refractivity contribution in [2.45, 2.75) is 51.4 Å². The molecule has 2 aliphatic heterocycles. The standard InChI is InChI=1S/C16H22O3/c1-9-8-16-11(6-12(9)17)10(2)13(19-16)7-14(16)15(3,4)18-5/h6,8,10,13-14H,7H2,1-5H3/t10-,13+,14-,16+/m0/s1. The molecule has 0 saturated carbocycles. The molecular formula is C16H22O3. The van der Waals surface area contributed by atoms with Crippen molar-refractivity contribution in [2.24, 2.45) is 11.8 Å². The predicted octanol–water partition coefficient (Wildman–Crippen LogP) is 2.66. The minimum Gasteiger partial charge on any atom is -0.378 e. The summed E-state index contributed by atoms with van der Waals surface area (Å²) in [6.07, 6.45) is 5.05. The van der Waals surface area contributed by atoms with Crippen LogP contribution in [0.1, 0.15) is 34.1 Å². The maximum Gasteiger partial charge on any atom is 0.181 e. The van der Waals surface area contributed by atoms with Crippen LogP contribution >= 0.6 is 0 Å². The van der Waals surface area contributed by atoms with Gasteiger partial charge in [0.2, 0.25) is 0 Å². The maximum absolute atomic E-state index is 11.9. The molecular weight excluding hydrogens is 240 g/mol. The minimum absolute atomic E-state index is 0.123. The fourth-order valence-electron chi connectivity index (χ4n) is 3.97. The third kappa shape index (κ3) is 1.55. The van der Waals surface area contributed by atoms with Gasteiger partial charge in [-0.1, -0.05) is 6.92 Å². The van der Waals surface area contributed by atoms with E-state index in [1.54, 1.807) is 13.2 Å². The minimum atomic E-state index is -0.415. The Morgan fingerprint density at radius 2 is 2.16 bits per heavy atom. The first-order valence-corrected chi connectivity index (χ1v) is 7.00. The van der Waals surface area contributed by atoms with Crippen LogP contribution in [0.5, 0.6) is 0 Å². The number of ketones is 1. The zero-order chi connectivity index (χ0) is 14.0. The van der Waals surface area contributed by atoms with E-state index in [0.717, 1.165) is 17.6 Å². The largest absolute Gasteiger partial charge is 0.378 e. The normalized spacial score (nSPS) is 41.1. The molecule has 1 spiro atoms. The molecule has 4 atom stereocenters. The van der Waals surface area contributed by atoms with Crippen molar-refractivity contribution in [3.63, 3.8) is 0 Å². The van der Waals surface area contributed by atoms with Gasteiger partial charge in [-0.3, -0.25) is 4.79 Å². The molecule has 0 unspecified atom stereocenters. The molecule has 2 fully saturated rings. The van der Waals surface area contributed by atoms with Crippen LogP contribution in [0, 0.1) is 11.8 Å².